The molecule has 0 aromatic heterocycles. The minimum atomic E-state index is 0. The van der Waals surface area contributed by atoms with Crippen molar-refractivity contribution in [2.45, 2.75) is 6.42 Å². The van der Waals surface area contributed by atoms with E-state index in [1.807, 2.05) is 30.3 Å². The van der Waals surface area contributed by atoms with Gasteiger partial charge in [0.25, 0.3) is 0 Å². The average molecular weight is 308 g/mol. The van der Waals surface area contributed by atoms with E-state index < -0.39 is 0 Å². The van der Waals surface area contributed by atoms with Gasteiger partial charge >= 0.3 is 0 Å². The molecule has 2 rings (SSSR count). The summed E-state index contributed by atoms with van der Waals surface area (Å²) in [5.41, 5.74) is 2.55. The van der Waals surface area contributed by atoms with Crippen LogP contribution >= 0.6 is 24.0 Å². The van der Waals surface area contributed by atoms with Crippen LogP contribution in [0.1, 0.15) is 11.1 Å². The Kier molecular flexibility index (Phi) is 8.05. The first-order chi connectivity index (χ1) is 9.34. The molecule has 0 aliphatic carbocycles. The standard InChI is InChI=1S/C17H18ClN.ClH/c18-17-10-8-16(9-11-17)12-14-19-13-4-7-15-5-2-1-3-6-15;/h1-11,19H,12-14H2;1H/b7-4+;. The zero-order chi connectivity index (χ0) is 13.3. The summed E-state index contributed by atoms with van der Waals surface area (Å²) in [5, 5.41) is 4.19. The van der Waals surface area contributed by atoms with Crippen molar-refractivity contribution >= 4 is 30.1 Å². The smallest absolute Gasteiger partial charge is 0.0406 e. The summed E-state index contributed by atoms with van der Waals surface area (Å²) in [4.78, 5) is 0. The maximum absolute atomic E-state index is 5.85. The van der Waals surface area contributed by atoms with Gasteiger partial charge < -0.3 is 5.32 Å². The van der Waals surface area contributed by atoms with Crippen molar-refractivity contribution in [2.24, 2.45) is 0 Å². The highest BCUT2D eigenvalue weighted by Gasteiger charge is 1.92. The minimum absolute atomic E-state index is 0. The number of benzene rings is 2. The first-order valence-corrected chi connectivity index (χ1v) is 6.89. The van der Waals surface area contributed by atoms with Crippen molar-refractivity contribution < 1.29 is 0 Å². The Hall–Kier alpha value is -1.28. The van der Waals surface area contributed by atoms with E-state index in [4.69, 9.17) is 11.6 Å². The molecule has 3 heteroatoms. The van der Waals surface area contributed by atoms with Crippen molar-refractivity contribution in [1.29, 1.82) is 0 Å². The summed E-state index contributed by atoms with van der Waals surface area (Å²) in [5.74, 6) is 0. The highest BCUT2D eigenvalue weighted by atomic mass is 35.5. The van der Waals surface area contributed by atoms with E-state index >= 15 is 0 Å². The lowest BCUT2D eigenvalue weighted by molar-refractivity contribution is 0.745. The van der Waals surface area contributed by atoms with Crippen LogP contribution in [0.15, 0.2) is 60.7 Å². The van der Waals surface area contributed by atoms with Crippen LogP contribution < -0.4 is 5.32 Å². The van der Waals surface area contributed by atoms with Crippen molar-refractivity contribution in [3.05, 3.63) is 76.8 Å². The lowest BCUT2D eigenvalue weighted by Gasteiger charge is -2.02. The molecule has 20 heavy (non-hydrogen) atoms. The molecule has 0 aliphatic heterocycles. The van der Waals surface area contributed by atoms with Crippen LogP contribution in [-0.4, -0.2) is 13.1 Å². The van der Waals surface area contributed by atoms with Gasteiger partial charge in [-0.2, -0.15) is 0 Å². The third-order valence-electron chi connectivity index (χ3n) is 2.88. The lowest BCUT2D eigenvalue weighted by atomic mass is 10.1. The number of rotatable bonds is 6. The van der Waals surface area contributed by atoms with Crippen LogP contribution in [0.4, 0.5) is 0 Å². The Balaban J connectivity index is 0.00000200. The van der Waals surface area contributed by atoms with Gasteiger partial charge in [0.15, 0.2) is 0 Å². The van der Waals surface area contributed by atoms with E-state index in [0.29, 0.717) is 0 Å². The maximum Gasteiger partial charge on any atom is 0.0406 e. The molecule has 0 saturated carbocycles. The Bertz CT molecular complexity index is 506. The van der Waals surface area contributed by atoms with Gasteiger partial charge in [0.2, 0.25) is 0 Å². The van der Waals surface area contributed by atoms with Crippen molar-refractivity contribution in [1.82, 2.24) is 5.32 Å². The molecular formula is C17H19Cl2N. The topological polar surface area (TPSA) is 12.0 Å². The van der Waals surface area contributed by atoms with Crippen LogP contribution in [0, 0.1) is 0 Å². The van der Waals surface area contributed by atoms with Crippen molar-refractivity contribution in [3.8, 4) is 0 Å². The van der Waals surface area contributed by atoms with Crippen LogP contribution in [-0.2, 0) is 6.42 Å². The third-order valence-corrected chi connectivity index (χ3v) is 3.13. The van der Waals surface area contributed by atoms with E-state index in [0.717, 1.165) is 24.5 Å². The Morgan fingerprint density at radius 3 is 2.35 bits per heavy atom. The zero-order valence-electron chi connectivity index (χ0n) is 11.3. The largest absolute Gasteiger partial charge is 0.313 e. The molecule has 0 aliphatic rings. The molecule has 2 aromatic rings. The van der Waals surface area contributed by atoms with Gasteiger partial charge in [-0.3, -0.25) is 0 Å². The van der Waals surface area contributed by atoms with Gasteiger partial charge in [-0.1, -0.05) is 66.2 Å². The SMILES string of the molecule is Cl.Clc1ccc(CCNC/C=C/c2ccccc2)cc1. The van der Waals surface area contributed by atoms with E-state index in [-0.39, 0.29) is 12.4 Å². The quantitative estimate of drug-likeness (QED) is 0.769. The molecule has 0 bridgehead atoms. The highest BCUT2D eigenvalue weighted by Crippen LogP contribution is 2.09. The fourth-order valence-corrected chi connectivity index (χ4v) is 1.95. The van der Waals surface area contributed by atoms with Gasteiger partial charge in [-0.25, -0.2) is 0 Å². The van der Waals surface area contributed by atoms with E-state index in [1.165, 1.54) is 11.1 Å². The second-order valence-corrected chi connectivity index (χ2v) is 4.83. The first-order valence-electron chi connectivity index (χ1n) is 6.51. The summed E-state index contributed by atoms with van der Waals surface area (Å²) in [7, 11) is 0. The van der Waals surface area contributed by atoms with Crippen molar-refractivity contribution in [3.63, 3.8) is 0 Å². The van der Waals surface area contributed by atoms with Gasteiger partial charge in [-0.05, 0) is 36.2 Å². The fourth-order valence-electron chi connectivity index (χ4n) is 1.83. The molecule has 0 unspecified atom stereocenters. The zero-order valence-corrected chi connectivity index (χ0v) is 12.8. The third kappa shape index (κ3) is 6.25. The second-order valence-electron chi connectivity index (χ2n) is 4.39. The molecule has 0 spiro atoms. The predicted octanol–water partition coefficient (Wildman–Crippen LogP) is 4.61. The second kappa shape index (κ2) is 9.60. The van der Waals surface area contributed by atoms with E-state index in [9.17, 15) is 0 Å². The Morgan fingerprint density at radius 1 is 0.950 bits per heavy atom. The van der Waals surface area contributed by atoms with E-state index in [1.54, 1.807) is 0 Å². The molecule has 0 saturated heterocycles. The molecule has 106 valence electrons. The fraction of sp³-hybridized carbons (Fsp3) is 0.176. The van der Waals surface area contributed by atoms with Crippen LogP contribution in [0.5, 0.6) is 0 Å². The van der Waals surface area contributed by atoms with Gasteiger partial charge in [0.05, 0.1) is 0 Å². The summed E-state index contributed by atoms with van der Waals surface area (Å²) in [6, 6.07) is 18.4. The van der Waals surface area contributed by atoms with Gasteiger partial charge in [0, 0.05) is 11.6 Å². The molecule has 0 radical (unpaired) electrons. The monoisotopic (exact) mass is 307 g/mol. The highest BCUT2D eigenvalue weighted by molar-refractivity contribution is 6.30. The molecule has 0 heterocycles. The Morgan fingerprint density at radius 2 is 1.65 bits per heavy atom. The summed E-state index contributed by atoms with van der Waals surface area (Å²) >= 11 is 5.85. The number of hydrogen-bond acceptors (Lipinski definition) is 1. The average Bonchev–Trinajstić information content (AvgIpc) is 2.46. The normalized spacial score (nSPS) is 10.4. The first kappa shape index (κ1) is 16.8. The molecule has 1 nitrogen and oxygen atoms in total. The number of nitrogens with one attached hydrogen (secondary N) is 1. The summed E-state index contributed by atoms with van der Waals surface area (Å²) < 4.78 is 0. The summed E-state index contributed by atoms with van der Waals surface area (Å²) in [6.07, 6.45) is 5.31. The van der Waals surface area contributed by atoms with Crippen LogP contribution in [0.2, 0.25) is 5.02 Å². The maximum atomic E-state index is 5.85. The molecule has 1 N–H and O–H groups in total. The van der Waals surface area contributed by atoms with Gasteiger partial charge in [-0.15, -0.1) is 12.4 Å². The summed E-state index contributed by atoms with van der Waals surface area (Å²) in [6.45, 7) is 1.86. The van der Waals surface area contributed by atoms with Crippen molar-refractivity contribution in [2.75, 3.05) is 13.1 Å². The van der Waals surface area contributed by atoms with Crippen LogP contribution in [0.3, 0.4) is 0 Å². The molecule has 0 atom stereocenters. The lowest BCUT2D eigenvalue weighted by Crippen LogP contribution is -2.16. The Labute approximate surface area is 132 Å². The van der Waals surface area contributed by atoms with E-state index in [2.05, 4.69) is 41.7 Å². The predicted molar refractivity (Wildman–Crippen MR) is 90.7 cm³/mol. The molecule has 0 fully saturated rings. The minimum Gasteiger partial charge on any atom is -0.313 e. The van der Waals surface area contributed by atoms with Crippen LogP contribution in [0.25, 0.3) is 6.08 Å². The van der Waals surface area contributed by atoms with Gasteiger partial charge in [0.1, 0.15) is 0 Å². The number of halogens is 2. The molecular weight excluding hydrogens is 289 g/mol. The number of hydrogen-bond donors (Lipinski definition) is 1. The molecule has 2 aromatic carbocycles. The molecule has 0 amide bonds.